The average molecular weight is 328 g/mol. The Kier molecular flexibility index (Phi) is 8.12. The Bertz CT molecular complexity index is 532. The van der Waals surface area contributed by atoms with Gasteiger partial charge < -0.3 is 16.0 Å². The van der Waals surface area contributed by atoms with Crippen molar-refractivity contribution >= 4 is 29.9 Å². The van der Waals surface area contributed by atoms with Gasteiger partial charge in [-0.25, -0.2) is 0 Å². The summed E-state index contributed by atoms with van der Waals surface area (Å²) < 4.78 is 0. The van der Waals surface area contributed by atoms with E-state index in [0.717, 1.165) is 12.0 Å². The van der Waals surface area contributed by atoms with Crippen LogP contribution in [0.25, 0.3) is 0 Å². The third kappa shape index (κ3) is 5.00. The molecule has 0 saturated heterocycles. The van der Waals surface area contributed by atoms with E-state index in [0.29, 0.717) is 11.3 Å². The van der Waals surface area contributed by atoms with Crippen LogP contribution in [0, 0.1) is 12.8 Å². The maximum atomic E-state index is 12.1. The maximum Gasteiger partial charge on any atom is 0.253 e. The molecule has 1 rings (SSSR count). The highest BCUT2D eigenvalue weighted by Gasteiger charge is 2.20. The van der Waals surface area contributed by atoms with E-state index in [1.165, 1.54) is 4.90 Å². The minimum Gasteiger partial charge on any atom is -0.345 e. The van der Waals surface area contributed by atoms with Gasteiger partial charge in [-0.05, 0) is 30.5 Å². The van der Waals surface area contributed by atoms with Gasteiger partial charge in [-0.15, -0.1) is 12.4 Å². The Balaban J connectivity index is 0.00000441. The fourth-order valence-corrected chi connectivity index (χ4v) is 1.91. The van der Waals surface area contributed by atoms with Gasteiger partial charge in [0.1, 0.15) is 0 Å². The predicted octanol–water partition coefficient (Wildman–Crippen LogP) is 2.43. The molecule has 124 valence electrons. The Morgan fingerprint density at radius 2 is 1.91 bits per heavy atom. The fourth-order valence-electron chi connectivity index (χ4n) is 1.91. The minimum absolute atomic E-state index is 0. The number of carbonyl (C=O) groups is 2. The largest absolute Gasteiger partial charge is 0.345 e. The molecule has 6 heteroatoms. The van der Waals surface area contributed by atoms with Crippen molar-refractivity contribution < 1.29 is 9.59 Å². The zero-order valence-electron chi connectivity index (χ0n) is 13.8. The molecule has 0 aliphatic heterocycles. The van der Waals surface area contributed by atoms with Gasteiger partial charge in [0.2, 0.25) is 5.91 Å². The first-order valence-corrected chi connectivity index (χ1v) is 7.16. The van der Waals surface area contributed by atoms with Gasteiger partial charge in [-0.2, -0.15) is 0 Å². The highest BCUT2D eigenvalue weighted by molar-refractivity contribution is 5.99. The van der Waals surface area contributed by atoms with E-state index < -0.39 is 6.04 Å². The van der Waals surface area contributed by atoms with Crippen molar-refractivity contribution in [2.75, 3.05) is 19.4 Å². The number of aryl methyl sites for hydroxylation is 1. The van der Waals surface area contributed by atoms with Crippen molar-refractivity contribution in [3.63, 3.8) is 0 Å². The first kappa shape index (κ1) is 20.4. The Morgan fingerprint density at radius 3 is 2.41 bits per heavy atom. The molecule has 0 saturated carbocycles. The number of benzene rings is 1. The third-order valence-electron chi connectivity index (χ3n) is 3.70. The molecule has 2 atom stereocenters. The first-order chi connectivity index (χ1) is 9.77. The predicted molar refractivity (Wildman–Crippen MR) is 92.5 cm³/mol. The SMILES string of the molecule is CCC(C)C(N)C(=O)Nc1ccc(C)c(C(=O)N(C)C)c1.Cl. The summed E-state index contributed by atoms with van der Waals surface area (Å²) in [6.07, 6.45) is 0.840. The average Bonchev–Trinajstić information content (AvgIpc) is 2.46. The standard InChI is InChI=1S/C16H25N3O2.ClH/c1-6-10(2)14(17)15(20)18-12-8-7-11(3)13(9-12)16(21)19(4)5;/h7-10,14H,6,17H2,1-5H3,(H,18,20);1H. The fraction of sp³-hybridized carbons (Fsp3) is 0.500. The number of nitrogens with two attached hydrogens (primary N) is 1. The van der Waals surface area contributed by atoms with Gasteiger partial charge in [-0.3, -0.25) is 9.59 Å². The van der Waals surface area contributed by atoms with Gasteiger partial charge in [-0.1, -0.05) is 26.3 Å². The van der Waals surface area contributed by atoms with Crippen molar-refractivity contribution in [2.45, 2.75) is 33.2 Å². The van der Waals surface area contributed by atoms with Crippen molar-refractivity contribution in [1.29, 1.82) is 0 Å². The molecule has 1 aromatic rings. The molecule has 22 heavy (non-hydrogen) atoms. The van der Waals surface area contributed by atoms with Crippen LogP contribution in [-0.2, 0) is 4.79 Å². The van der Waals surface area contributed by atoms with E-state index in [1.807, 2.05) is 26.8 Å². The van der Waals surface area contributed by atoms with Crippen LogP contribution in [0.5, 0.6) is 0 Å². The lowest BCUT2D eigenvalue weighted by Crippen LogP contribution is -2.40. The second-order valence-electron chi connectivity index (χ2n) is 5.63. The summed E-state index contributed by atoms with van der Waals surface area (Å²) in [4.78, 5) is 25.7. The normalized spacial score (nSPS) is 12.8. The molecule has 0 radical (unpaired) electrons. The number of amides is 2. The van der Waals surface area contributed by atoms with E-state index in [-0.39, 0.29) is 30.1 Å². The lowest BCUT2D eigenvalue weighted by Gasteiger charge is -2.18. The lowest BCUT2D eigenvalue weighted by molar-refractivity contribution is -0.118. The van der Waals surface area contributed by atoms with Crippen LogP contribution in [0.15, 0.2) is 18.2 Å². The summed E-state index contributed by atoms with van der Waals surface area (Å²) in [5.41, 5.74) is 7.95. The zero-order valence-corrected chi connectivity index (χ0v) is 14.7. The number of anilines is 1. The summed E-state index contributed by atoms with van der Waals surface area (Å²) >= 11 is 0. The molecule has 3 N–H and O–H groups in total. The lowest BCUT2D eigenvalue weighted by atomic mass is 9.99. The molecule has 2 amide bonds. The molecule has 5 nitrogen and oxygen atoms in total. The molecule has 0 heterocycles. The highest BCUT2D eigenvalue weighted by atomic mass is 35.5. The number of nitrogens with one attached hydrogen (secondary N) is 1. The Morgan fingerprint density at radius 1 is 1.32 bits per heavy atom. The monoisotopic (exact) mass is 327 g/mol. The first-order valence-electron chi connectivity index (χ1n) is 7.16. The van der Waals surface area contributed by atoms with Crippen LogP contribution in [-0.4, -0.2) is 36.9 Å². The van der Waals surface area contributed by atoms with Crippen molar-refractivity contribution in [1.82, 2.24) is 4.90 Å². The molecule has 0 fully saturated rings. The second-order valence-corrected chi connectivity index (χ2v) is 5.63. The molecule has 2 unspecified atom stereocenters. The molecule has 0 spiro atoms. The maximum absolute atomic E-state index is 12.1. The van der Waals surface area contributed by atoms with Crippen molar-refractivity contribution in [3.8, 4) is 0 Å². The van der Waals surface area contributed by atoms with E-state index in [2.05, 4.69) is 5.32 Å². The van der Waals surface area contributed by atoms with Crippen LogP contribution in [0.4, 0.5) is 5.69 Å². The van der Waals surface area contributed by atoms with E-state index in [4.69, 9.17) is 5.73 Å². The summed E-state index contributed by atoms with van der Waals surface area (Å²) in [6.45, 7) is 5.81. The molecular weight excluding hydrogens is 302 g/mol. The van der Waals surface area contributed by atoms with Crippen molar-refractivity contribution in [2.24, 2.45) is 11.7 Å². The summed E-state index contributed by atoms with van der Waals surface area (Å²) in [7, 11) is 3.40. The summed E-state index contributed by atoms with van der Waals surface area (Å²) in [6, 6.07) is 4.74. The van der Waals surface area contributed by atoms with Gasteiger partial charge in [0.15, 0.2) is 0 Å². The minimum atomic E-state index is -0.552. The van der Waals surface area contributed by atoms with E-state index in [9.17, 15) is 9.59 Å². The quantitative estimate of drug-likeness (QED) is 0.872. The van der Waals surface area contributed by atoms with Gasteiger partial charge >= 0.3 is 0 Å². The van der Waals surface area contributed by atoms with Crippen LogP contribution in [0.2, 0.25) is 0 Å². The molecule has 0 bridgehead atoms. The van der Waals surface area contributed by atoms with Gasteiger partial charge in [0.05, 0.1) is 6.04 Å². The number of hydrogen-bond acceptors (Lipinski definition) is 3. The highest BCUT2D eigenvalue weighted by Crippen LogP contribution is 2.17. The number of carbonyl (C=O) groups excluding carboxylic acids is 2. The summed E-state index contributed by atoms with van der Waals surface area (Å²) in [5.74, 6) is -0.204. The van der Waals surface area contributed by atoms with E-state index >= 15 is 0 Å². The number of nitrogens with zero attached hydrogens (tertiary/aromatic N) is 1. The molecule has 0 aliphatic rings. The molecular formula is C16H26ClN3O2. The number of rotatable bonds is 5. The van der Waals surface area contributed by atoms with Crippen LogP contribution in [0.3, 0.4) is 0 Å². The van der Waals surface area contributed by atoms with Crippen LogP contribution in [0.1, 0.15) is 36.2 Å². The van der Waals surface area contributed by atoms with Crippen LogP contribution >= 0.6 is 12.4 Å². The number of hydrogen-bond donors (Lipinski definition) is 2. The third-order valence-corrected chi connectivity index (χ3v) is 3.70. The second kappa shape index (κ2) is 8.76. The molecule has 0 aromatic heterocycles. The Hall–Kier alpha value is -1.59. The number of halogens is 1. The van der Waals surface area contributed by atoms with E-state index in [1.54, 1.807) is 26.2 Å². The topological polar surface area (TPSA) is 75.4 Å². The molecule has 0 aliphatic carbocycles. The van der Waals surface area contributed by atoms with Gasteiger partial charge in [0.25, 0.3) is 5.91 Å². The summed E-state index contributed by atoms with van der Waals surface area (Å²) in [5, 5.41) is 2.78. The van der Waals surface area contributed by atoms with Gasteiger partial charge in [0, 0.05) is 25.3 Å². The smallest absolute Gasteiger partial charge is 0.253 e. The van der Waals surface area contributed by atoms with Crippen molar-refractivity contribution in [3.05, 3.63) is 29.3 Å². The Labute approximate surface area is 138 Å². The van der Waals surface area contributed by atoms with Crippen LogP contribution < -0.4 is 11.1 Å². The zero-order chi connectivity index (χ0) is 16.2. The molecule has 1 aromatic carbocycles.